The number of amides is 1. The van der Waals surface area contributed by atoms with E-state index < -0.39 is 5.60 Å². The van der Waals surface area contributed by atoms with Crippen molar-refractivity contribution in [3.63, 3.8) is 0 Å². The standard InChI is InChI=1S/C16H25NO2S2/c1-15(19,9-11-20-2)12-17-14(18)16(7-3-4-8-16)13-6-5-10-21-13/h5-6,10,19H,3-4,7-9,11-12H2,1-2H3,(H,17,18). The van der Waals surface area contributed by atoms with Gasteiger partial charge in [-0.05, 0) is 49.6 Å². The molecule has 1 fully saturated rings. The van der Waals surface area contributed by atoms with Crippen LogP contribution in [0.1, 0.15) is 43.9 Å². The lowest BCUT2D eigenvalue weighted by Gasteiger charge is -2.30. The molecule has 1 amide bonds. The first-order chi connectivity index (χ1) is 10.0. The first-order valence-electron chi connectivity index (χ1n) is 7.54. The Morgan fingerprint density at radius 2 is 2.24 bits per heavy atom. The average molecular weight is 328 g/mol. The number of thiophene rings is 1. The molecule has 3 nitrogen and oxygen atoms in total. The summed E-state index contributed by atoms with van der Waals surface area (Å²) in [5.41, 5.74) is -1.18. The van der Waals surface area contributed by atoms with E-state index in [1.165, 1.54) is 4.88 Å². The summed E-state index contributed by atoms with van der Waals surface area (Å²) in [6.07, 6.45) is 6.78. The number of hydrogen-bond acceptors (Lipinski definition) is 4. The van der Waals surface area contributed by atoms with E-state index in [-0.39, 0.29) is 11.3 Å². The molecule has 0 saturated heterocycles. The van der Waals surface area contributed by atoms with E-state index in [1.54, 1.807) is 30.0 Å². The molecule has 2 rings (SSSR count). The number of aliphatic hydroxyl groups is 1. The highest BCUT2D eigenvalue weighted by molar-refractivity contribution is 7.98. The Balaban J connectivity index is 2.01. The predicted octanol–water partition coefficient (Wildman–Crippen LogP) is 3.18. The Morgan fingerprint density at radius 3 is 2.81 bits per heavy atom. The number of hydrogen-bond donors (Lipinski definition) is 2. The lowest BCUT2D eigenvalue weighted by atomic mass is 9.83. The second kappa shape index (κ2) is 7.16. The summed E-state index contributed by atoms with van der Waals surface area (Å²) in [5, 5.41) is 15.4. The van der Waals surface area contributed by atoms with E-state index in [0.29, 0.717) is 13.0 Å². The SMILES string of the molecule is CSCCC(C)(O)CNC(=O)C1(c2cccs2)CCCC1. The molecule has 5 heteroatoms. The molecule has 1 saturated carbocycles. The van der Waals surface area contributed by atoms with Crippen LogP contribution in [-0.2, 0) is 10.2 Å². The molecule has 0 aromatic carbocycles. The zero-order valence-electron chi connectivity index (χ0n) is 12.9. The van der Waals surface area contributed by atoms with E-state index in [9.17, 15) is 9.90 Å². The van der Waals surface area contributed by atoms with Crippen molar-refractivity contribution in [2.75, 3.05) is 18.6 Å². The minimum atomic E-state index is -0.825. The van der Waals surface area contributed by atoms with Crippen LogP contribution >= 0.6 is 23.1 Å². The highest BCUT2D eigenvalue weighted by Crippen LogP contribution is 2.43. The number of thioether (sulfide) groups is 1. The van der Waals surface area contributed by atoms with Gasteiger partial charge < -0.3 is 10.4 Å². The molecule has 2 N–H and O–H groups in total. The van der Waals surface area contributed by atoms with Crippen molar-refractivity contribution in [3.05, 3.63) is 22.4 Å². The van der Waals surface area contributed by atoms with Gasteiger partial charge in [0.05, 0.1) is 11.0 Å². The summed E-state index contributed by atoms with van der Waals surface area (Å²) < 4.78 is 0. The van der Waals surface area contributed by atoms with Gasteiger partial charge in [-0.1, -0.05) is 18.9 Å². The van der Waals surface area contributed by atoms with Crippen LogP contribution in [0.4, 0.5) is 0 Å². The van der Waals surface area contributed by atoms with Crippen molar-refractivity contribution < 1.29 is 9.90 Å². The van der Waals surface area contributed by atoms with Crippen LogP contribution in [0.15, 0.2) is 17.5 Å². The number of rotatable bonds is 7. The molecule has 118 valence electrons. The molecule has 1 atom stereocenters. The van der Waals surface area contributed by atoms with Gasteiger partial charge in [-0.3, -0.25) is 4.79 Å². The summed E-state index contributed by atoms with van der Waals surface area (Å²) >= 11 is 3.38. The molecular formula is C16H25NO2S2. The maximum atomic E-state index is 12.8. The van der Waals surface area contributed by atoms with Crippen LogP contribution in [0.25, 0.3) is 0 Å². The minimum absolute atomic E-state index is 0.0897. The Bertz CT molecular complexity index is 451. The molecule has 1 aliphatic rings. The van der Waals surface area contributed by atoms with Crippen molar-refractivity contribution in [3.8, 4) is 0 Å². The highest BCUT2D eigenvalue weighted by atomic mass is 32.2. The monoisotopic (exact) mass is 327 g/mol. The van der Waals surface area contributed by atoms with Crippen LogP contribution in [0.3, 0.4) is 0 Å². The van der Waals surface area contributed by atoms with E-state index in [0.717, 1.165) is 31.4 Å². The first kappa shape index (κ1) is 16.8. The van der Waals surface area contributed by atoms with E-state index in [2.05, 4.69) is 11.4 Å². The summed E-state index contributed by atoms with van der Waals surface area (Å²) in [4.78, 5) is 13.9. The van der Waals surface area contributed by atoms with Gasteiger partial charge in [0.1, 0.15) is 0 Å². The Kier molecular flexibility index (Phi) is 5.74. The van der Waals surface area contributed by atoms with Crippen LogP contribution in [0, 0.1) is 0 Å². The van der Waals surface area contributed by atoms with Gasteiger partial charge >= 0.3 is 0 Å². The second-order valence-electron chi connectivity index (χ2n) is 6.19. The minimum Gasteiger partial charge on any atom is -0.388 e. The molecule has 0 spiro atoms. The van der Waals surface area contributed by atoms with Crippen molar-refractivity contribution in [1.82, 2.24) is 5.32 Å². The van der Waals surface area contributed by atoms with Crippen molar-refractivity contribution in [2.45, 2.75) is 50.0 Å². The highest BCUT2D eigenvalue weighted by Gasteiger charge is 2.43. The van der Waals surface area contributed by atoms with Crippen LogP contribution in [-0.4, -0.2) is 35.2 Å². The molecule has 1 aromatic rings. The zero-order chi connectivity index (χ0) is 15.3. The van der Waals surface area contributed by atoms with Gasteiger partial charge in [0.15, 0.2) is 0 Å². The van der Waals surface area contributed by atoms with Gasteiger partial charge in [0.25, 0.3) is 0 Å². The Hall–Kier alpha value is -0.520. The van der Waals surface area contributed by atoms with Crippen molar-refractivity contribution >= 4 is 29.0 Å². The zero-order valence-corrected chi connectivity index (χ0v) is 14.5. The Labute approximate surface area is 135 Å². The maximum absolute atomic E-state index is 12.8. The maximum Gasteiger partial charge on any atom is 0.231 e. The summed E-state index contributed by atoms with van der Waals surface area (Å²) in [7, 11) is 0. The third kappa shape index (κ3) is 4.02. The normalized spacial score (nSPS) is 20.1. The Morgan fingerprint density at radius 1 is 1.52 bits per heavy atom. The van der Waals surface area contributed by atoms with E-state index in [1.807, 2.05) is 17.7 Å². The first-order valence-corrected chi connectivity index (χ1v) is 9.81. The van der Waals surface area contributed by atoms with Gasteiger partial charge in [0.2, 0.25) is 5.91 Å². The fraction of sp³-hybridized carbons (Fsp3) is 0.688. The average Bonchev–Trinajstić information content (AvgIpc) is 3.13. The molecular weight excluding hydrogens is 302 g/mol. The molecule has 21 heavy (non-hydrogen) atoms. The van der Waals surface area contributed by atoms with E-state index >= 15 is 0 Å². The number of nitrogens with one attached hydrogen (secondary N) is 1. The lowest BCUT2D eigenvalue weighted by molar-refractivity contribution is -0.127. The number of carbonyl (C=O) groups is 1. The molecule has 1 aromatic heterocycles. The quantitative estimate of drug-likeness (QED) is 0.809. The van der Waals surface area contributed by atoms with Crippen LogP contribution in [0.2, 0.25) is 0 Å². The smallest absolute Gasteiger partial charge is 0.231 e. The molecule has 0 bridgehead atoms. The molecule has 1 unspecified atom stereocenters. The van der Waals surface area contributed by atoms with Crippen molar-refractivity contribution in [2.24, 2.45) is 0 Å². The second-order valence-corrected chi connectivity index (χ2v) is 8.12. The fourth-order valence-electron chi connectivity index (χ4n) is 2.96. The van der Waals surface area contributed by atoms with Crippen LogP contribution < -0.4 is 5.32 Å². The largest absolute Gasteiger partial charge is 0.388 e. The molecule has 0 aliphatic heterocycles. The fourth-order valence-corrected chi connectivity index (χ4v) is 4.59. The van der Waals surface area contributed by atoms with Gasteiger partial charge in [-0.2, -0.15) is 11.8 Å². The summed E-state index contributed by atoms with van der Waals surface area (Å²) in [6.45, 7) is 2.13. The third-order valence-corrected chi connectivity index (χ3v) is 6.05. The van der Waals surface area contributed by atoms with Gasteiger partial charge in [-0.15, -0.1) is 11.3 Å². The number of carbonyl (C=O) groups excluding carboxylic acids is 1. The lowest BCUT2D eigenvalue weighted by Crippen LogP contribution is -2.48. The third-order valence-electron chi connectivity index (χ3n) is 4.36. The van der Waals surface area contributed by atoms with Crippen molar-refractivity contribution in [1.29, 1.82) is 0 Å². The molecule has 1 heterocycles. The van der Waals surface area contributed by atoms with Gasteiger partial charge in [0, 0.05) is 11.4 Å². The topological polar surface area (TPSA) is 49.3 Å². The van der Waals surface area contributed by atoms with Crippen LogP contribution in [0.5, 0.6) is 0 Å². The molecule has 0 radical (unpaired) electrons. The van der Waals surface area contributed by atoms with Gasteiger partial charge in [-0.25, -0.2) is 0 Å². The van der Waals surface area contributed by atoms with E-state index in [4.69, 9.17) is 0 Å². The predicted molar refractivity (Wildman–Crippen MR) is 91.1 cm³/mol. The summed E-state index contributed by atoms with van der Waals surface area (Å²) in [5.74, 6) is 0.991. The molecule has 1 aliphatic carbocycles. The summed E-state index contributed by atoms with van der Waals surface area (Å²) in [6, 6.07) is 4.09.